The Morgan fingerprint density at radius 1 is 1.11 bits per heavy atom. The number of hydrogen-bond acceptors (Lipinski definition) is 4. The Morgan fingerprint density at radius 2 is 1.75 bits per heavy atom. The second-order valence-corrected chi connectivity index (χ2v) is 6.94. The van der Waals surface area contributed by atoms with Crippen molar-refractivity contribution in [3.8, 4) is 0 Å². The van der Waals surface area contributed by atoms with E-state index in [0.29, 0.717) is 13.1 Å². The van der Waals surface area contributed by atoms with Crippen LogP contribution in [0.1, 0.15) is 11.1 Å². The average Bonchev–Trinajstić information content (AvgIpc) is 2.66. The van der Waals surface area contributed by atoms with E-state index in [1.165, 1.54) is 11.6 Å². The second kappa shape index (κ2) is 10.7. The van der Waals surface area contributed by atoms with E-state index in [9.17, 15) is 8.78 Å². The van der Waals surface area contributed by atoms with Gasteiger partial charge < -0.3 is 15.5 Å². The molecule has 0 spiro atoms. The molecule has 0 saturated carbocycles. The van der Waals surface area contributed by atoms with Crippen molar-refractivity contribution >= 4 is 29.2 Å². The maximum absolute atomic E-state index is 14.1. The zero-order chi connectivity index (χ0) is 20.5. The number of likely N-dealkylation sites (N-methyl/N-ethyl adjacent to an activating group) is 1. The fraction of sp³-hybridized carbons (Fsp3) is 0.300. The van der Waals surface area contributed by atoms with Crippen molar-refractivity contribution in [2.24, 2.45) is 10.8 Å². The number of benzene rings is 2. The Bertz CT molecular complexity index is 806. The third-order valence-electron chi connectivity index (χ3n) is 4.23. The smallest absolute Gasteiger partial charge is 0.184 e. The van der Waals surface area contributed by atoms with Crippen LogP contribution in [-0.4, -0.2) is 49.5 Å². The molecule has 5 nitrogen and oxygen atoms in total. The van der Waals surface area contributed by atoms with E-state index in [1.54, 1.807) is 0 Å². The monoisotopic (exact) mass is 405 g/mol. The minimum absolute atomic E-state index is 0.0362. The number of hydrogen-bond donors (Lipinski definition) is 2. The molecule has 3 N–H and O–H groups in total. The molecule has 3 rings (SSSR count). The predicted octanol–water partition coefficient (Wildman–Crippen LogP) is 2.88. The zero-order valence-electron chi connectivity index (χ0n) is 16.0. The van der Waals surface area contributed by atoms with Gasteiger partial charge in [0.2, 0.25) is 0 Å². The fourth-order valence-electron chi connectivity index (χ4n) is 2.64. The zero-order valence-corrected chi connectivity index (χ0v) is 16.8. The van der Waals surface area contributed by atoms with Gasteiger partial charge in [0.05, 0.1) is 11.9 Å². The minimum Gasteiger partial charge on any atom is -0.375 e. The Balaban J connectivity index is 0.000000336. The van der Waals surface area contributed by atoms with Crippen LogP contribution in [0.4, 0.5) is 14.5 Å². The molecule has 28 heavy (non-hydrogen) atoms. The molecule has 1 aliphatic heterocycles. The maximum atomic E-state index is 14.1. The van der Waals surface area contributed by atoms with E-state index in [2.05, 4.69) is 46.7 Å². The summed E-state index contributed by atoms with van der Waals surface area (Å²) in [5.41, 5.74) is 9.12. The molecule has 0 radical (unpaired) electrons. The Kier molecular flexibility index (Phi) is 8.28. The van der Waals surface area contributed by atoms with Gasteiger partial charge in [0.15, 0.2) is 5.11 Å². The van der Waals surface area contributed by atoms with E-state index in [4.69, 9.17) is 5.73 Å². The third kappa shape index (κ3) is 6.86. The number of thiocarbonyl (C=S) groups is 1. The van der Waals surface area contributed by atoms with Gasteiger partial charge in [-0.05, 0) is 32.3 Å². The van der Waals surface area contributed by atoms with Crippen LogP contribution in [0.25, 0.3) is 0 Å². The molecule has 1 saturated heterocycles. The van der Waals surface area contributed by atoms with Crippen LogP contribution in [-0.2, 0) is 0 Å². The van der Waals surface area contributed by atoms with Crippen LogP contribution < -0.4 is 16.1 Å². The van der Waals surface area contributed by atoms with Crippen LogP contribution in [0, 0.1) is 18.6 Å². The highest BCUT2D eigenvalue weighted by Crippen LogP contribution is 2.23. The van der Waals surface area contributed by atoms with Crippen LogP contribution in [0.5, 0.6) is 0 Å². The summed E-state index contributed by atoms with van der Waals surface area (Å²) >= 11 is 4.56. The number of halogens is 2. The summed E-state index contributed by atoms with van der Waals surface area (Å²) in [4.78, 5) is 3.99. The lowest BCUT2D eigenvalue weighted by atomic mass is 10.1. The lowest BCUT2D eigenvalue weighted by Gasteiger charge is -2.34. The summed E-state index contributed by atoms with van der Waals surface area (Å²) in [6.07, 6.45) is 1.14. The number of aryl methyl sites for hydroxylation is 1. The number of rotatable bonds is 3. The number of piperazine rings is 1. The molecule has 0 aromatic heterocycles. The lowest BCUT2D eigenvalue weighted by molar-refractivity contribution is 0.311. The maximum Gasteiger partial charge on any atom is 0.184 e. The van der Waals surface area contributed by atoms with Crippen LogP contribution in [0.2, 0.25) is 0 Å². The molecule has 2 aromatic rings. The van der Waals surface area contributed by atoms with Gasteiger partial charge in [0.1, 0.15) is 11.6 Å². The Morgan fingerprint density at radius 3 is 2.29 bits per heavy atom. The topological polar surface area (TPSA) is 56.9 Å². The molecule has 0 amide bonds. The SMILES string of the molecule is CN1CCN(c2cc(F)c(/C=N/NC(N)=S)cc2F)CC1.Cc1ccccc1. The first-order valence-electron chi connectivity index (χ1n) is 8.89. The number of nitrogens with one attached hydrogen (secondary N) is 1. The van der Waals surface area contributed by atoms with Gasteiger partial charge in [0, 0.05) is 37.8 Å². The van der Waals surface area contributed by atoms with Gasteiger partial charge in [-0.1, -0.05) is 35.9 Å². The summed E-state index contributed by atoms with van der Waals surface area (Å²) in [6.45, 7) is 5.07. The van der Waals surface area contributed by atoms with Crippen molar-refractivity contribution in [2.45, 2.75) is 6.92 Å². The highest BCUT2D eigenvalue weighted by Gasteiger charge is 2.19. The first kappa shape index (κ1) is 21.7. The van der Waals surface area contributed by atoms with Crippen molar-refractivity contribution in [1.29, 1.82) is 0 Å². The van der Waals surface area contributed by atoms with Gasteiger partial charge in [-0.15, -0.1) is 0 Å². The van der Waals surface area contributed by atoms with E-state index in [0.717, 1.165) is 25.4 Å². The second-order valence-electron chi connectivity index (χ2n) is 6.50. The molecule has 2 aromatic carbocycles. The van der Waals surface area contributed by atoms with Gasteiger partial charge in [-0.25, -0.2) is 8.78 Å². The van der Waals surface area contributed by atoms with Crippen LogP contribution in [0.3, 0.4) is 0 Å². The van der Waals surface area contributed by atoms with E-state index < -0.39 is 11.6 Å². The average molecular weight is 406 g/mol. The van der Waals surface area contributed by atoms with Crippen LogP contribution >= 0.6 is 12.2 Å². The predicted molar refractivity (Wildman–Crippen MR) is 115 cm³/mol. The molecule has 1 fully saturated rings. The van der Waals surface area contributed by atoms with Crippen molar-refractivity contribution in [1.82, 2.24) is 10.3 Å². The molecule has 0 aliphatic carbocycles. The molecule has 1 aliphatic rings. The van der Waals surface area contributed by atoms with Crippen LogP contribution in [0.15, 0.2) is 47.6 Å². The van der Waals surface area contributed by atoms with E-state index in [-0.39, 0.29) is 16.4 Å². The van der Waals surface area contributed by atoms with E-state index >= 15 is 0 Å². The molecule has 0 bridgehead atoms. The molecule has 1 heterocycles. The van der Waals surface area contributed by atoms with Gasteiger partial charge in [-0.2, -0.15) is 5.10 Å². The summed E-state index contributed by atoms with van der Waals surface area (Å²) in [6, 6.07) is 12.6. The van der Waals surface area contributed by atoms with Gasteiger partial charge in [0.25, 0.3) is 0 Å². The summed E-state index contributed by atoms with van der Waals surface area (Å²) < 4.78 is 28.1. The van der Waals surface area contributed by atoms with Crippen molar-refractivity contribution < 1.29 is 8.78 Å². The highest BCUT2D eigenvalue weighted by atomic mass is 32.1. The number of hydrazone groups is 1. The quantitative estimate of drug-likeness (QED) is 0.467. The van der Waals surface area contributed by atoms with Gasteiger partial charge >= 0.3 is 0 Å². The number of nitrogens with two attached hydrogens (primary N) is 1. The summed E-state index contributed by atoms with van der Waals surface area (Å²) in [7, 11) is 2.00. The number of nitrogens with zero attached hydrogens (tertiary/aromatic N) is 3. The molecule has 0 atom stereocenters. The van der Waals surface area contributed by atoms with Crippen molar-refractivity contribution in [2.75, 3.05) is 38.1 Å². The molecule has 0 unspecified atom stereocenters. The molecule has 8 heteroatoms. The first-order valence-corrected chi connectivity index (χ1v) is 9.30. The molecular weight excluding hydrogens is 380 g/mol. The Hall–Kier alpha value is -2.58. The highest BCUT2D eigenvalue weighted by molar-refractivity contribution is 7.80. The first-order chi connectivity index (χ1) is 13.4. The molecular formula is C20H25F2N5S. The Labute approximate surface area is 169 Å². The van der Waals surface area contributed by atoms with E-state index in [1.807, 2.05) is 30.1 Å². The van der Waals surface area contributed by atoms with Gasteiger partial charge in [-0.3, -0.25) is 5.43 Å². The fourth-order valence-corrected chi connectivity index (χ4v) is 2.69. The number of anilines is 1. The van der Waals surface area contributed by atoms with Crippen molar-refractivity contribution in [3.05, 3.63) is 65.2 Å². The summed E-state index contributed by atoms with van der Waals surface area (Å²) in [5.74, 6) is -1.02. The largest absolute Gasteiger partial charge is 0.375 e. The van der Waals surface area contributed by atoms with Crippen molar-refractivity contribution in [3.63, 3.8) is 0 Å². The standard InChI is InChI=1S/C13H17F2N5S.C7H8/c1-19-2-4-20(5-3-19)12-7-10(14)9(6-11(12)15)8-17-18-13(16)21;1-7-5-3-2-4-6-7/h6-8H,2-5H2,1H3,(H3,16,18,21);2-6H,1H3/b17-8+;. The minimum atomic E-state index is -0.543. The normalized spacial score (nSPS) is 14.5. The molecule has 150 valence electrons. The third-order valence-corrected chi connectivity index (χ3v) is 4.32. The lowest BCUT2D eigenvalue weighted by Crippen LogP contribution is -2.44. The summed E-state index contributed by atoms with van der Waals surface area (Å²) in [5, 5.41) is 3.59.